The Morgan fingerprint density at radius 2 is 2.25 bits per heavy atom. The molecule has 1 unspecified atom stereocenters. The van der Waals surface area contributed by atoms with Gasteiger partial charge in [0.15, 0.2) is 5.22 Å². The van der Waals surface area contributed by atoms with E-state index in [0.29, 0.717) is 24.7 Å². The van der Waals surface area contributed by atoms with Crippen molar-refractivity contribution in [2.75, 3.05) is 13.1 Å². The highest BCUT2D eigenvalue weighted by atomic mass is 35.5. The summed E-state index contributed by atoms with van der Waals surface area (Å²) in [6.07, 6.45) is 0.662. The second-order valence-corrected chi connectivity index (χ2v) is 6.02. The zero-order valence-electron chi connectivity index (χ0n) is 11.2. The van der Waals surface area contributed by atoms with Crippen molar-refractivity contribution < 1.29 is 14.3 Å². The topological polar surface area (TPSA) is 53.7 Å². The van der Waals surface area contributed by atoms with Gasteiger partial charge in [-0.05, 0) is 37.6 Å². The van der Waals surface area contributed by atoms with Gasteiger partial charge in [0, 0.05) is 24.0 Å². The first-order valence-electron chi connectivity index (χ1n) is 6.61. The van der Waals surface area contributed by atoms with E-state index in [1.807, 2.05) is 24.3 Å². The number of benzene rings is 1. The van der Waals surface area contributed by atoms with E-state index < -0.39 is 11.4 Å². The minimum absolute atomic E-state index is 0.398. The molecule has 1 fully saturated rings. The summed E-state index contributed by atoms with van der Waals surface area (Å²) in [4.78, 5) is 13.4. The molecule has 106 valence electrons. The summed E-state index contributed by atoms with van der Waals surface area (Å²) in [5, 5.41) is 10.7. The summed E-state index contributed by atoms with van der Waals surface area (Å²) in [5.74, 6) is -0.733. The van der Waals surface area contributed by atoms with Gasteiger partial charge in [0.2, 0.25) is 0 Å². The molecule has 0 amide bonds. The fraction of sp³-hybridized carbons (Fsp3) is 0.400. The van der Waals surface area contributed by atoms with Crippen molar-refractivity contribution in [3.63, 3.8) is 0 Å². The average molecular weight is 294 g/mol. The van der Waals surface area contributed by atoms with Gasteiger partial charge in [-0.25, -0.2) is 0 Å². The van der Waals surface area contributed by atoms with Crippen LogP contribution in [0.3, 0.4) is 0 Å². The number of aliphatic carboxylic acids is 1. The van der Waals surface area contributed by atoms with Crippen LogP contribution in [-0.2, 0) is 11.3 Å². The van der Waals surface area contributed by atoms with Crippen molar-refractivity contribution in [1.82, 2.24) is 4.90 Å². The molecule has 5 heteroatoms. The molecule has 4 nitrogen and oxygen atoms in total. The van der Waals surface area contributed by atoms with Crippen LogP contribution in [0.1, 0.15) is 18.9 Å². The van der Waals surface area contributed by atoms with Crippen LogP contribution in [0.25, 0.3) is 11.0 Å². The van der Waals surface area contributed by atoms with Gasteiger partial charge in [0.05, 0.1) is 5.41 Å². The Bertz CT molecular complexity index is 666. The van der Waals surface area contributed by atoms with E-state index in [0.717, 1.165) is 23.1 Å². The number of carboxylic acid groups (broad SMARTS) is 1. The SMILES string of the molecule is CC1(C(=O)O)CCN(Cc2c(Cl)oc3ccccc23)C1. The Morgan fingerprint density at radius 3 is 2.95 bits per heavy atom. The number of furan rings is 1. The third-order valence-electron chi connectivity index (χ3n) is 4.10. The molecule has 0 spiro atoms. The molecule has 1 atom stereocenters. The molecule has 2 aromatic rings. The number of para-hydroxylation sites is 1. The summed E-state index contributed by atoms with van der Waals surface area (Å²) >= 11 is 6.17. The normalized spacial score (nSPS) is 23.5. The Morgan fingerprint density at radius 1 is 1.50 bits per heavy atom. The van der Waals surface area contributed by atoms with Crippen molar-refractivity contribution in [2.45, 2.75) is 19.9 Å². The van der Waals surface area contributed by atoms with Gasteiger partial charge < -0.3 is 9.52 Å². The molecule has 1 saturated heterocycles. The van der Waals surface area contributed by atoms with E-state index in [1.54, 1.807) is 6.92 Å². The van der Waals surface area contributed by atoms with Crippen LogP contribution in [0, 0.1) is 5.41 Å². The van der Waals surface area contributed by atoms with Crippen LogP contribution in [0.5, 0.6) is 0 Å². The van der Waals surface area contributed by atoms with Crippen LogP contribution < -0.4 is 0 Å². The maximum Gasteiger partial charge on any atom is 0.310 e. The quantitative estimate of drug-likeness (QED) is 0.942. The van der Waals surface area contributed by atoms with E-state index in [-0.39, 0.29) is 0 Å². The predicted octanol–water partition coefficient (Wildman–Crippen LogP) is 3.38. The molecule has 1 aromatic carbocycles. The molecule has 2 heterocycles. The van der Waals surface area contributed by atoms with Gasteiger partial charge in [0.1, 0.15) is 5.58 Å². The molecule has 1 N–H and O–H groups in total. The fourth-order valence-corrected chi connectivity index (χ4v) is 3.05. The third-order valence-corrected chi connectivity index (χ3v) is 4.40. The molecule has 20 heavy (non-hydrogen) atoms. The third kappa shape index (κ3) is 2.19. The first-order chi connectivity index (χ1) is 9.49. The Labute approximate surface area is 121 Å². The van der Waals surface area contributed by atoms with Crippen molar-refractivity contribution >= 4 is 28.5 Å². The zero-order valence-corrected chi connectivity index (χ0v) is 12.0. The van der Waals surface area contributed by atoms with Crippen LogP contribution in [0.4, 0.5) is 0 Å². The molecule has 3 rings (SSSR count). The highest BCUT2D eigenvalue weighted by molar-refractivity contribution is 6.30. The fourth-order valence-electron chi connectivity index (χ4n) is 2.81. The van der Waals surface area contributed by atoms with E-state index >= 15 is 0 Å². The van der Waals surface area contributed by atoms with E-state index in [9.17, 15) is 9.90 Å². The van der Waals surface area contributed by atoms with Crippen LogP contribution >= 0.6 is 11.6 Å². The lowest BCUT2D eigenvalue weighted by Gasteiger charge is -2.19. The second kappa shape index (κ2) is 4.79. The molecule has 0 radical (unpaired) electrons. The molecule has 0 aliphatic carbocycles. The highest BCUT2D eigenvalue weighted by Crippen LogP contribution is 2.35. The van der Waals surface area contributed by atoms with Gasteiger partial charge in [-0.2, -0.15) is 0 Å². The number of likely N-dealkylation sites (tertiary alicyclic amines) is 1. The van der Waals surface area contributed by atoms with Gasteiger partial charge in [0.25, 0.3) is 0 Å². The van der Waals surface area contributed by atoms with E-state index in [2.05, 4.69) is 4.90 Å². The Kier molecular flexibility index (Phi) is 3.22. The van der Waals surface area contributed by atoms with Crippen molar-refractivity contribution in [2.24, 2.45) is 5.41 Å². The first kappa shape index (κ1) is 13.5. The monoisotopic (exact) mass is 293 g/mol. The molecule has 1 aromatic heterocycles. The number of carbonyl (C=O) groups is 1. The number of carboxylic acids is 1. The lowest BCUT2D eigenvalue weighted by atomic mass is 9.90. The molecule has 1 aliphatic rings. The van der Waals surface area contributed by atoms with Gasteiger partial charge in [-0.3, -0.25) is 9.69 Å². The minimum Gasteiger partial charge on any atom is -0.481 e. The Balaban J connectivity index is 1.85. The van der Waals surface area contributed by atoms with Gasteiger partial charge in [-0.1, -0.05) is 18.2 Å². The zero-order chi connectivity index (χ0) is 14.3. The summed E-state index contributed by atoms with van der Waals surface area (Å²) in [5.41, 5.74) is 1.05. The summed E-state index contributed by atoms with van der Waals surface area (Å²) < 4.78 is 5.53. The first-order valence-corrected chi connectivity index (χ1v) is 6.99. The molecular weight excluding hydrogens is 278 g/mol. The molecular formula is C15H16ClNO3. The largest absolute Gasteiger partial charge is 0.481 e. The number of hydrogen-bond donors (Lipinski definition) is 1. The van der Waals surface area contributed by atoms with Crippen LogP contribution in [-0.4, -0.2) is 29.1 Å². The summed E-state index contributed by atoms with van der Waals surface area (Å²) in [7, 11) is 0. The maximum absolute atomic E-state index is 11.3. The number of nitrogens with zero attached hydrogens (tertiary/aromatic N) is 1. The summed E-state index contributed by atoms with van der Waals surface area (Å²) in [6, 6.07) is 7.72. The predicted molar refractivity (Wildman–Crippen MR) is 76.9 cm³/mol. The highest BCUT2D eigenvalue weighted by Gasteiger charge is 2.40. The standard InChI is InChI=1S/C15H16ClNO3/c1-15(14(18)19)6-7-17(9-15)8-11-10-4-2-3-5-12(10)20-13(11)16/h2-5H,6-9H2,1H3,(H,18,19). The number of fused-ring (bicyclic) bond motifs is 1. The van der Waals surface area contributed by atoms with Crippen molar-refractivity contribution in [1.29, 1.82) is 0 Å². The van der Waals surface area contributed by atoms with Crippen LogP contribution in [0.15, 0.2) is 28.7 Å². The molecule has 0 bridgehead atoms. The van der Waals surface area contributed by atoms with Gasteiger partial charge in [-0.15, -0.1) is 0 Å². The van der Waals surface area contributed by atoms with E-state index in [1.165, 1.54) is 0 Å². The lowest BCUT2D eigenvalue weighted by molar-refractivity contribution is -0.147. The van der Waals surface area contributed by atoms with Gasteiger partial charge >= 0.3 is 5.97 Å². The number of rotatable bonds is 3. The molecule has 1 aliphatic heterocycles. The maximum atomic E-state index is 11.3. The minimum atomic E-state index is -0.733. The Hall–Kier alpha value is -1.52. The van der Waals surface area contributed by atoms with Crippen molar-refractivity contribution in [3.8, 4) is 0 Å². The van der Waals surface area contributed by atoms with Crippen LogP contribution in [0.2, 0.25) is 5.22 Å². The van der Waals surface area contributed by atoms with E-state index in [4.69, 9.17) is 16.0 Å². The second-order valence-electron chi connectivity index (χ2n) is 5.68. The molecule has 0 saturated carbocycles. The number of halogens is 1. The summed E-state index contributed by atoms with van der Waals surface area (Å²) in [6.45, 7) is 3.72. The number of hydrogen-bond acceptors (Lipinski definition) is 3. The average Bonchev–Trinajstić information content (AvgIpc) is 2.93. The lowest BCUT2D eigenvalue weighted by Crippen LogP contribution is -2.31. The van der Waals surface area contributed by atoms with Crippen molar-refractivity contribution in [3.05, 3.63) is 35.0 Å². The smallest absolute Gasteiger partial charge is 0.310 e.